The second kappa shape index (κ2) is 12.1. The molecular formula is C47H30N2OS. The van der Waals surface area contributed by atoms with Crippen LogP contribution in [0.2, 0.25) is 0 Å². The molecule has 0 unspecified atom stereocenters. The first-order chi connectivity index (χ1) is 25.3. The van der Waals surface area contributed by atoms with Gasteiger partial charge in [0.15, 0.2) is 0 Å². The standard InChI is InChI=1S/C47H30N2OS/c1-4-14-31(15-5-1)32-24-26-35(27-25-32)49(41-29-28-36(33-16-6-2-7-17-33)37-20-10-11-21-38(37)41)45-44-39-22-12-13-23-42(39)50-43(44)30-40-46(45)51-47(48-40)34-18-8-3-9-19-34/h1-30H. The van der Waals surface area contributed by atoms with Crippen molar-refractivity contribution in [3.8, 4) is 32.8 Å². The first-order valence-electron chi connectivity index (χ1n) is 17.1. The highest BCUT2D eigenvalue weighted by Crippen LogP contribution is 2.51. The van der Waals surface area contributed by atoms with Gasteiger partial charge in [-0.25, -0.2) is 4.98 Å². The molecule has 0 saturated heterocycles. The molecule has 0 amide bonds. The van der Waals surface area contributed by atoms with Crippen LogP contribution in [-0.2, 0) is 0 Å². The molecule has 2 aromatic heterocycles. The van der Waals surface area contributed by atoms with Crippen LogP contribution in [0.25, 0.3) is 75.8 Å². The second-order valence-corrected chi connectivity index (χ2v) is 13.7. The molecule has 0 aliphatic carbocycles. The van der Waals surface area contributed by atoms with E-state index in [9.17, 15) is 0 Å². The SMILES string of the molecule is c1ccc(-c2ccc(N(c3ccc(-c4ccccc4)c4ccccc34)c3c4sc(-c5ccccc5)nc4cc4oc5ccccc5c34)cc2)cc1. The Morgan fingerprint density at radius 1 is 0.471 bits per heavy atom. The molecule has 0 bridgehead atoms. The van der Waals surface area contributed by atoms with Crippen molar-refractivity contribution in [1.29, 1.82) is 0 Å². The highest BCUT2D eigenvalue weighted by atomic mass is 32.1. The maximum absolute atomic E-state index is 6.62. The number of thiazole rings is 1. The van der Waals surface area contributed by atoms with Crippen LogP contribution in [0.15, 0.2) is 186 Å². The summed E-state index contributed by atoms with van der Waals surface area (Å²) in [6, 6.07) is 64.4. The van der Waals surface area contributed by atoms with Gasteiger partial charge in [0.05, 0.1) is 27.0 Å². The minimum Gasteiger partial charge on any atom is -0.456 e. The van der Waals surface area contributed by atoms with E-state index in [-0.39, 0.29) is 0 Å². The van der Waals surface area contributed by atoms with E-state index in [0.29, 0.717) is 0 Å². The molecule has 0 aliphatic rings. The first kappa shape index (κ1) is 29.4. The monoisotopic (exact) mass is 670 g/mol. The Labute approximate surface area is 299 Å². The van der Waals surface area contributed by atoms with Crippen molar-refractivity contribution in [2.75, 3.05) is 4.90 Å². The number of hydrogen-bond acceptors (Lipinski definition) is 4. The number of anilines is 3. The summed E-state index contributed by atoms with van der Waals surface area (Å²) in [4.78, 5) is 7.67. The zero-order valence-corrected chi connectivity index (χ0v) is 28.3. The Morgan fingerprint density at radius 2 is 1.06 bits per heavy atom. The largest absolute Gasteiger partial charge is 0.456 e. The Hall–Kier alpha value is -6.49. The predicted molar refractivity (Wildman–Crippen MR) is 215 cm³/mol. The lowest BCUT2D eigenvalue weighted by Gasteiger charge is -2.28. The van der Waals surface area contributed by atoms with Crippen LogP contribution >= 0.6 is 11.3 Å². The van der Waals surface area contributed by atoms with Gasteiger partial charge < -0.3 is 9.32 Å². The summed E-state index contributed by atoms with van der Waals surface area (Å²) in [5.41, 5.74) is 11.7. The van der Waals surface area contributed by atoms with Gasteiger partial charge in [0.25, 0.3) is 0 Å². The fourth-order valence-corrected chi connectivity index (χ4v) is 8.43. The van der Waals surface area contributed by atoms with E-state index in [0.717, 1.165) is 65.2 Å². The van der Waals surface area contributed by atoms with Gasteiger partial charge in [0.1, 0.15) is 16.2 Å². The third-order valence-corrected chi connectivity index (χ3v) is 10.8. The lowest BCUT2D eigenvalue weighted by atomic mass is 9.96. The summed E-state index contributed by atoms with van der Waals surface area (Å²) in [5.74, 6) is 0. The molecule has 2 heterocycles. The first-order valence-corrected chi connectivity index (χ1v) is 17.9. The Kier molecular flexibility index (Phi) is 7.00. The third-order valence-electron chi connectivity index (χ3n) is 9.70. The number of aromatic nitrogens is 1. The highest BCUT2D eigenvalue weighted by Gasteiger charge is 2.26. The zero-order chi connectivity index (χ0) is 33.7. The molecule has 0 spiro atoms. The van der Waals surface area contributed by atoms with E-state index in [2.05, 4.69) is 175 Å². The molecule has 10 rings (SSSR count). The summed E-state index contributed by atoms with van der Waals surface area (Å²) in [6.07, 6.45) is 0. The van der Waals surface area contributed by atoms with Crippen LogP contribution in [0, 0.1) is 0 Å². The molecule has 0 atom stereocenters. The summed E-state index contributed by atoms with van der Waals surface area (Å²) in [7, 11) is 0. The van der Waals surface area contributed by atoms with Crippen LogP contribution in [0.1, 0.15) is 0 Å². The van der Waals surface area contributed by atoms with Gasteiger partial charge in [0, 0.05) is 28.1 Å². The van der Waals surface area contributed by atoms with E-state index < -0.39 is 0 Å². The van der Waals surface area contributed by atoms with E-state index in [4.69, 9.17) is 9.40 Å². The lowest BCUT2D eigenvalue weighted by molar-refractivity contribution is 0.669. The van der Waals surface area contributed by atoms with E-state index in [1.165, 1.54) is 27.6 Å². The molecule has 4 heteroatoms. The molecule has 0 N–H and O–H groups in total. The van der Waals surface area contributed by atoms with Crippen LogP contribution < -0.4 is 4.90 Å². The summed E-state index contributed by atoms with van der Waals surface area (Å²) in [6.45, 7) is 0. The molecule has 240 valence electrons. The third kappa shape index (κ3) is 5.00. The van der Waals surface area contributed by atoms with Crippen molar-refractivity contribution in [3.05, 3.63) is 182 Å². The van der Waals surface area contributed by atoms with Gasteiger partial charge in [0.2, 0.25) is 0 Å². The van der Waals surface area contributed by atoms with Crippen LogP contribution in [-0.4, -0.2) is 4.98 Å². The van der Waals surface area contributed by atoms with Crippen molar-refractivity contribution >= 4 is 71.3 Å². The van der Waals surface area contributed by atoms with Gasteiger partial charge >= 0.3 is 0 Å². The lowest BCUT2D eigenvalue weighted by Crippen LogP contribution is -2.11. The molecular weight excluding hydrogens is 641 g/mol. The Bertz CT molecular complexity index is 2840. The van der Waals surface area contributed by atoms with Crippen molar-refractivity contribution in [1.82, 2.24) is 4.98 Å². The quantitative estimate of drug-likeness (QED) is 0.176. The smallest absolute Gasteiger partial charge is 0.139 e. The van der Waals surface area contributed by atoms with Gasteiger partial charge in [-0.05, 0) is 51.9 Å². The minimum atomic E-state index is 0.819. The number of nitrogens with zero attached hydrogens (tertiary/aromatic N) is 2. The molecule has 10 aromatic rings. The topological polar surface area (TPSA) is 29.3 Å². The second-order valence-electron chi connectivity index (χ2n) is 12.7. The molecule has 0 radical (unpaired) electrons. The van der Waals surface area contributed by atoms with Crippen LogP contribution in [0.5, 0.6) is 0 Å². The van der Waals surface area contributed by atoms with Gasteiger partial charge in [-0.1, -0.05) is 152 Å². The minimum absolute atomic E-state index is 0.819. The molecule has 0 aliphatic heterocycles. The van der Waals surface area contributed by atoms with Crippen LogP contribution in [0.3, 0.4) is 0 Å². The Balaban J connectivity index is 1.31. The molecule has 51 heavy (non-hydrogen) atoms. The summed E-state index contributed by atoms with van der Waals surface area (Å²) in [5, 5.41) is 5.49. The predicted octanol–water partition coefficient (Wildman–Crippen LogP) is 13.8. The van der Waals surface area contributed by atoms with Crippen LogP contribution in [0.4, 0.5) is 17.1 Å². The maximum atomic E-state index is 6.62. The summed E-state index contributed by atoms with van der Waals surface area (Å²) >= 11 is 1.73. The molecule has 8 aromatic carbocycles. The average molecular weight is 671 g/mol. The average Bonchev–Trinajstić information content (AvgIpc) is 3.80. The fourth-order valence-electron chi connectivity index (χ4n) is 7.33. The number of furan rings is 1. The number of rotatable bonds is 6. The highest BCUT2D eigenvalue weighted by molar-refractivity contribution is 7.22. The van der Waals surface area contributed by atoms with Crippen molar-refractivity contribution in [2.45, 2.75) is 0 Å². The molecule has 0 saturated carbocycles. The zero-order valence-electron chi connectivity index (χ0n) is 27.5. The fraction of sp³-hybridized carbons (Fsp3) is 0. The number of benzene rings is 8. The van der Waals surface area contributed by atoms with E-state index in [1.54, 1.807) is 11.3 Å². The number of hydrogen-bond donors (Lipinski definition) is 0. The number of fused-ring (bicyclic) bond motifs is 5. The Morgan fingerprint density at radius 3 is 1.78 bits per heavy atom. The van der Waals surface area contributed by atoms with Gasteiger partial charge in [-0.2, -0.15) is 0 Å². The van der Waals surface area contributed by atoms with Gasteiger partial charge in [-0.15, -0.1) is 11.3 Å². The van der Waals surface area contributed by atoms with Gasteiger partial charge in [-0.3, -0.25) is 0 Å². The normalized spacial score (nSPS) is 11.5. The van der Waals surface area contributed by atoms with E-state index in [1.807, 2.05) is 12.1 Å². The number of para-hydroxylation sites is 1. The van der Waals surface area contributed by atoms with Crippen molar-refractivity contribution in [2.24, 2.45) is 0 Å². The van der Waals surface area contributed by atoms with Crippen molar-refractivity contribution in [3.63, 3.8) is 0 Å². The maximum Gasteiger partial charge on any atom is 0.139 e. The van der Waals surface area contributed by atoms with Crippen molar-refractivity contribution < 1.29 is 4.42 Å². The molecule has 0 fully saturated rings. The summed E-state index contributed by atoms with van der Waals surface area (Å²) < 4.78 is 7.73. The molecule has 3 nitrogen and oxygen atoms in total. The van der Waals surface area contributed by atoms with E-state index >= 15 is 0 Å².